The van der Waals surface area contributed by atoms with Crippen molar-refractivity contribution in [2.75, 3.05) is 0 Å². The Balaban J connectivity index is 2.26. The molecule has 6 heteroatoms. The summed E-state index contributed by atoms with van der Waals surface area (Å²) >= 11 is 0. The minimum atomic E-state index is -1.12. The van der Waals surface area contributed by atoms with Gasteiger partial charge in [0.25, 0.3) is 0 Å². The van der Waals surface area contributed by atoms with E-state index >= 15 is 0 Å². The van der Waals surface area contributed by atoms with Crippen molar-refractivity contribution < 1.29 is 14.7 Å². The lowest BCUT2D eigenvalue weighted by Gasteiger charge is -2.22. The molecule has 0 saturated carbocycles. The number of nitrogens with zero attached hydrogens (tertiary/aromatic N) is 3. The van der Waals surface area contributed by atoms with Crippen LogP contribution in [0.4, 0.5) is 0 Å². The number of carboxylic acid groups (broad SMARTS) is 1. The predicted molar refractivity (Wildman–Crippen MR) is 66.0 cm³/mol. The van der Waals surface area contributed by atoms with E-state index in [9.17, 15) is 9.59 Å². The van der Waals surface area contributed by atoms with Gasteiger partial charge in [0.2, 0.25) is 5.91 Å². The summed E-state index contributed by atoms with van der Waals surface area (Å²) in [4.78, 5) is 22.6. The highest BCUT2D eigenvalue weighted by molar-refractivity contribution is 6.36. The second kappa shape index (κ2) is 5.31. The van der Waals surface area contributed by atoms with Gasteiger partial charge in [-0.05, 0) is 11.6 Å². The molecule has 1 heterocycles. The van der Waals surface area contributed by atoms with Crippen molar-refractivity contribution in [2.24, 2.45) is 5.10 Å². The molecule has 0 atom stereocenters. The zero-order valence-electron chi connectivity index (χ0n) is 10.0. The summed E-state index contributed by atoms with van der Waals surface area (Å²) < 4.78 is 0. The van der Waals surface area contributed by atoms with Crippen LogP contribution in [-0.2, 0) is 16.1 Å². The topological polar surface area (TPSA) is 93.8 Å². The first-order chi connectivity index (χ1) is 9.11. The van der Waals surface area contributed by atoms with Crippen LogP contribution in [0.15, 0.2) is 29.4 Å². The van der Waals surface area contributed by atoms with Crippen LogP contribution in [0.25, 0.3) is 0 Å². The Labute approximate surface area is 109 Å². The van der Waals surface area contributed by atoms with Gasteiger partial charge in [-0.3, -0.25) is 4.79 Å². The van der Waals surface area contributed by atoms with Gasteiger partial charge >= 0.3 is 5.97 Å². The number of carbonyl (C=O) groups is 2. The summed E-state index contributed by atoms with van der Waals surface area (Å²) in [6, 6.07) is 8.88. The minimum absolute atomic E-state index is 0.0333. The number of aliphatic carboxylic acids is 1. The van der Waals surface area contributed by atoms with E-state index in [2.05, 4.69) is 5.10 Å². The highest BCUT2D eigenvalue weighted by Gasteiger charge is 2.24. The lowest BCUT2D eigenvalue weighted by molar-refractivity contribution is -0.133. The number of benzene rings is 1. The number of hydrogen-bond acceptors (Lipinski definition) is 4. The predicted octanol–water partition coefficient (Wildman–Crippen LogP) is 1.12. The van der Waals surface area contributed by atoms with Crippen LogP contribution < -0.4 is 0 Å². The van der Waals surface area contributed by atoms with Crippen LogP contribution in [0, 0.1) is 11.3 Å². The Morgan fingerprint density at radius 3 is 2.84 bits per heavy atom. The quantitative estimate of drug-likeness (QED) is 0.877. The molecule has 1 aliphatic heterocycles. The van der Waals surface area contributed by atoms with E-state index in [1.54, 1.807) is 24.3 Å². The molecule has 1 aromatic carbocycles. The molecule has 0 unspecified atom stereocenters. The van der Waals surface area contributed by atoms with Crippen LogP contribution in [0.2, 0.25) is 0 Å². The molecule has 19 heavy (non-hydrogen) atoms. The van der Waals surface area contributed by atoms with Crippen molar-refractivity contribution >= 4 is 17.6 Å². The lowest BCUT2D eigenvalue weighted by atomic mass is 10.1. The van der Waals surface area contributed by atoms with Gasteiger partial charge < -0.3 is 5.11 Å². The van der Waals surface area contributed by atoms with Crippen molar-refractivity contribution in [3.8, 4) is 6.07 Å². The molecular formula is C13H11N3O3. The Morgan fingerprint density at radius 1 is 1.42 bits per heavy atom. The molecule has 0 spiro atoms. The number of carbonyl (C=O) groups excluding carboxylic acids is 1. The fraction of sp³-hybridized carbons (Fsp3) is 0.231. The number of carboxylic acids is 1. The molecule has 1 N–H and O–H groups in total. The highest BCUT2D eigenvalue weighted by atomic mass is 16.4. The molecule has 0 aliphatic carbocycles. The maximum absolute atomic E-state index is 11.7. The Kier molecular flexibility index (Phi) is 3.57. The summed E-state index contributed by atoms with van der Waals surface area (Å²) in [5.74, 6) is -1.36. The summed E-state index contributed by atoms with van der Waals surface area (Å²) in [5.41, 5.74) is 1.07. The van der Waals surface area contributed by atoms with Crippen LogP contribution >= 0.6 is 0 Å². The number of hydrazone groups is 1. The smallest absolute Gasteiger partial charge is 0.352 e. The first-order valence-corrected chi connectivity index (χ1v) is 5.71. The standard InChI is InChI=1S/C13H11N3O3/c14-7-9-3-1-2-4-10(9)8-16-12(17)6-5-11(15-16)13(18)19/h1-4H,5-6,8H2,(H,18,19). The van der Waals surface area contributed by atoms with Crippen molar-refractivity contribution in [1.82, 2.24) is 5.01 Å². The molecule has 0 saturated heterocycles. The molecule has 96 valence electrons. The molecule has 0 aromatic heterocycles. The lowest BCUT2D eigenvalue weighted by Crippen LogP contribution is -2.34. The third kappa shape index (κ3) is 2.77. The summed E-state index contributed by atoms with van der Waals surface area (Å²) in [6.45, 7) is 0.110. The number of amides is 1. The highest BCUT2D eigenvalue weighted by Crippen LogP contribution is 2.16. The van der Waals surface area contributed by atoms with Gasteiger partial charge in [-0.2, -0.15) is 10.4 Å². The van der Waals surface area contributed by atoms with E-state index in [0.29, 0.717) is 11.1 Å². The van der Waals surface area contributed by atoms with E-state index in [-0.39, 0.29) is 31.0 Å². The SMILES string of the molecule is N#Cc1ccccc1CN1N=C(C(=O)O)CCC1=O. The van der Waals surface area contributed by atoms with Gasteiger partial charge in [0.05, 0.1) is 18.2 Å². The van der Waals surface area contributed by atoms with Crippen LogP contribution in [0.3, 0.4) is 0 Å². The first-order valence-electron chi connectivity index (χ1n) is 5.71. The first kappa shape index (κ1) is 12.8. The molecule has 6 nitrogen and oxygen atoms in total. The summed E-state index contributed by atoms with van der Waals surface area (Å²) in [6.07, 6.45) is 0.268. The summed E-state index contributed by atoms with van der Waals surface area (Å²) in [5, 5.41) is 22.8. The van der Waals surface area contributed by atoms with E-state index in [1.165, 1.54) is 0 Å². The van der Waals surface area contributed by atoms with Crippen molar-refractivity contribution in [2.45, 2.75) is 19.4 Å². The molecular weight excluding hydrogens is 246 g/mol. The van der Waals surface area contributed by atoms with Crippen LogP contribution in [0.5, 0.6) is 0 Å². The van der Waals surface area contributed by atoms with Gasteiger partial charge in [0, 0.05) is 12.8 Å². The van der Waals surface area contributed by atoms with Crippen LogP contribution in [-0.4, -0.2) is 27.7 Å². The number of rotatable bonds is 3. The minimum Gasteiger partial charge on any atom is -0.477 e. The van der Waals surface area contributed by atoms with Gasteiger partial charge in [-0.1, -0.05) is 18.2 Å². The molecule has 1 aromatic rings. The van der Waals surface area contributed by atoms with Crippen molar-refractivity contribution in [3.05, 3.63) is 35.4 Å². The Hall–Kier alpha value is -2.68. The monoisotopic (exact) mass is 257 g/mol. The van der Waals surface area contributed by atoms with Gasteiger partial charge in [-0.15, -0.1) is 0 Å². The number of hydrogen-bond donors (Lipinski definition) is 1. The van der Waals surface area contributed by atoms with E-state index in [0.717, 1.165) is 5.01 Å². The molecule has 1 amide bonds. The zero-order chi connectivity index (χ0) is 13.8. The van der Waals surface area contributed by atoms with E-state index in [1.807, 2.05) is 6.07 Å². The molecule has 0 fully saturated rings. The average molecular weight is 257 g/mol. The maximum Gasteiger partial charge on any atom is 0.352 e. The number of nitriles is 1. The third-order valence-electron chi connectivity index (χ3n) is 2.81. The second-order valence-corrected chi connectivity index (χ2v) is 4.07. The van der Waals surface area contributed by atoms with E-state index in [4.69, 9.17) is 10.4 Å². The van der Waals surface area contributed by atoms with Gasteiger partial charge in [-0.25, -0.2) is 9.80 Å². The third-order valence-corrected chi connectivity index (χ3v) is 2.81. The zero-order valence-corrected chi connectivity index (χ0v) is 10.0. The normalized spacial score (nSPS) is 14.8. The Morgan fingerprint density at radius 2 is 2.16 bits per heavy atom. The van der Waals surface area contributed by atoms with Gasteiger partial charge in [0.1, 0.15) is 5.71 Å². The van der Waals surface area contributed by atoms with Crippen molar-refractivity contribution in [3.63, 3.8) is 0 Å². The molecule has 2 rings (SSSR count). The van der Waals surface area contributed by atoms with E-state index < -0.39 is 5.97 Å². The fourth-order valence-corrected chi connectivity index (χ4v) is 1.81. The average Bonchev–Trinajstić information content (AvgIpc) is 2.41. The fourth-order valence-electron chi connectivity index (χ4n) is 1.81. The Bertz CT molecular complexity index is 601. The largest absolute Gasteiger partial charge is 0.477 e. The second-order valence-electron chi connectivity index (χ2n) is 4.07. The summed E-state index contributed by atoms with van der Waals surface area (Å²) in [7, 11) is 0. The molecule has 0 radical (unpaired) electrons. The maximum atomic E-state index is 11.7. The van der Waals surface area contributed by atoms with Crippen LogP contribution in [0.1, 0.15) is 24.0 Å². The van der Waals surface area contributed by atoms with Crippen molar-refractivity contribution in [1.29, 1.82) is 5.26 Å². The molecule has 0 bridgehead atoms. The van der Waals surface area contributed by atoms with Gasteiger partial charge in [0.15, 0.2) is 0 Å². The molecule has 1 aliphatic rings.